The minimum Gasteiger partial charge on any atom is -0.330 e. The van der Waals surface area contributed by atoms with E-state index >= 15 is 0 Å². The Morgan fingerprint density at radius 1 is 1.57 bits per heavy atom. The summed E-state index contributed by atoms with van der Waals surface area (Å²) in [6.45, 7) is 5.13. The SMILES string of the molecule is CC[C@@H](C)CN.S. The monoisotopic (exact) mass is 121 g/mol. The Hall–Kier alpha value is 0.310. The van der Waals surface area contributed by atoms with Crippen LogP contribution < -0.4 is 5.73 Å². The largest absolute Gasteiger partial charge is 0.330 e. The lowest BCUT2D eigenvalue weighted by molar-refractivity contribution is 0.576. The van der Waals surface area contributed by atoms with E-state index in [4.69, 9.17) is 5.73 Å². The summed E-state index contributed by atoms with van der Waals surface area (Å²) < 4.78 is 0. The minimum atomic E-state index is 0. The fraction of sp³-hybridized carbons (Fsp3) is 1.00. The van der Waals surface area contributed by atoms with Crippen LogP contribution in [-0.2, 0) is 0 Å². The highest BCUT2D eigenvalue weighted by Crippen LogP contribution is 1.93. The summed E-state index contributed by atoms with van der Waals surface area (Å²) in [6.07, 6.45) is 1.20. The maximum Gasteiger partial charge on any atom is -0.00516 e. The van der Waals surface area contributed by atoms with Crippen LogP contribution >= 0.6 is 13.5 Å². The topological polar surface area (TPSA) is 26.0 Å². The van der Waals surface area contributed by atoms with Gasteiger partial charge >= 0.3 is 0 Å². The predicted molar refractivity (Wildman–Crippen MR) is 38.9 cm³/mol. The van der Waals surface area contributed by atoms with E-state index in [0.29, 0.717) is 5.92 Å². The van der Waals surface area contributed by atoms with E-state index in [2.05, 4.69) is 13.8 Å². The van der Waals surface area contributed by atoms with Crippen LogP contribution in [0.5, 0.6) is 0 Å². The first-order valence-electron chi connectivity index (χ1n) is 2.51. The Bertz CT molecular complexity index is 27.3. The van der Waals surface area contributed by atoms with Crippen molar-refractivity contribution in [1.82, 2.24) is 0 Å². The van der Waals surface area contributed by atoms with Crippen LogP contribution in [0.3, 0.4) is 0 Å². The lowest BCUT2D eigenvalue weighted by Gasteiger charge is -1.98. The molecule has 2 heteroatoms. The van der Waals surface area contributed by atoms with Crippen LogP contribution in [0.25, 0.3) is 0 Å². The fourth-order valence-electron chi connectivity index (χ4n) is 0.167. The van der Waals surface area contributed by atoms with Crippen LogP contribution in [-0.4, -0.2) is 6.54 Å². The van der Waals surface area contributed by atoms with Gasteiger partial charge in [-0.1, -0.05) is 20.3 Å². The van der Waals surface area contributed by atoms with Gasteiger partial charge in [0.05, 0.1) is 0 Å². The van der Waals surface area contributed by atoms with Gasteiger partial charge in [0.25, 0.3) is 0 Å². The van der Waals surface area contributed by atoms with Crippen molar-refractivity contribution in [3.8, 4) is 0 Å². The third-order valence-corrected chi connectivity index (χ3v) is 1.10. The maximum atomic E-state index is 5.28. The molecule has 0 bridgehead atoms. The van der Waals surface area contributed by atoms with Gasteiger partial charge in [-0.25, -0.2) is 0 Å². The molecule has 0 unspecified atom stereocenters. The highest BCUT2D eigenvalue weighted by atomic mass is 32.1. The summed E-state index contributed by atoms with van der Waals surface area (Å²) in [5, 5.41) is 0. The van der Waals surface area contributed by atoms with Gasteiger partial charge in [-0.2, -0.15) is 13.5 Å². The fourth-order valence-corrected chi connectivity index (χ4v) is 0.167. The summed E-state index contributed by atoms with van der Waals surface area (Å²) in [7, 11) is 0. The molecule has 46 valence electrons. The van der Waals surface area contributed by atoms with E-state index in [1.54, 1.807) is 0 Å². The van der Waals surface area contributed by atoms with Gasteiger partial charge in [0.2, 0.25) is 0 Å². The molecule has 1 nitrogen and oxygen atoms in total. The van der Waals surface area contributed by atoms with Gasteiger partial charge in [-0.3, -0.25) is 0 Å². The highest BCUT2D eigenvalue weighted by molar-refractivity contribution is 7.59. The maximum absolute atomic E-state index is 5.28. The number of hydrogen-bond donors (Lipinski definition) is 1. The summed E-state index contributed by atoms with van der Waals surface area (Å²) in [4.78, 5) is 0. The highest BCUT2D eigenvalue weighted by Gasteiger charge is 1.88. The Balaban J connectivity index is 0. The molecule has 0 aromatic rings. The number of nitrogens with two attached hydrogens (primary N) is 1. The molecule has 2 N–H and O–H groups in total. The Morgan fingerprint density at radius 2 is 2.00 bits per heavy atom. The molecule has 0 aliphatic carbocycles. The normalized spacial score (nSPS) is 12.4. The van der Waals surface area contributed by atoms with E-state index in [9.17, 15) is 0 Å². The third-order valence-electron chi connectivity index (χ3n) is 1.10. The van der Waals surface area contributed by atoms with Crippen molar-refractivity contribution in [3.63, 3.8) is 0 Å². The second kappa shape index (κ2) is 6.31. The van der Waals surface area contributed by atoms with Crippen molar-refractivity contribution >= 4 is 13.5 Å². The molecule has 0 amide bonds. The van der Waals surface area contributed by atoms with Gasteiger partial charge < -0.3 is 5.73 Å². The zero-order valence-corrected chi connectivity index (χ0v) is 6.07. The summed E-state index contributed by atoms with van der Waals surface area (Å²) in [6, 6.07) is 0. The van der Waals surface area contributed by atoms with E-state index in [1.165, 1.54) is 6.42 Å². The first kappa shape index (κ1) is 10.3. The van der Waals surface area contributed by atoms with Crippen LogP contribution in [0.2, 0.25) is 0 Å². The number of rotatable bonds is 2. The van der Waals surface area contributed by atoms with Crippen molar-refractivity contribution in [3.05, 3.63) is 0 Å². The molecule has 0 rings (SSSR count). The molecule has 0 spiro atoms. The molecule has 0 radical (unpaired) electrons. The molecule has 0 aromatic carbocycles. The lowest BCUT2D eigenvalue weighted by atomic mass is 10.1. The Labute approximate surface area is 52.7 Å². The first-order valence-corrected chi connectivity index (χ1v) is 2.51. The molecule has 0 saturated heterocycles. The van der Waals surface area contributed by atoms with Crippen molar-refractivity contribution in [1.29, 1.82) is 0 Å². The molecule has 1 atom stereocenters. The van der Waals surface area contributed by atoms with Crippen LogP contribution in [0.15, 0.2) is 0 Å². The standard InChI is InChI=1S/C5H13N.H2S/c1-3-5(2)4-6;/h5H,3-4,6H2,1-2H3;1H2/t5-;/m1./s1. The van der Waals surface area contributed by atoms with Gasteiger partial charge in [0.15, 0.2) is 0 Å². The average molecular weight is 121 g/mol. The van der Waals surface area contributed by atoms with Crippen molar-refractivity contribution in [2.24, 2.45) is 11.7 Å². The molecule has 0 heterocycles. The van der Waals surface area contributed by atoms with Gasteiger partial charge in [-0.15, -0.1) is 0 Å². The molecule has 0 saturated carbocycles. The zero-order chi connectivity index (χ0) is 4.99. The molecule has 0 aromatic heterocycles. The quantitative estimate of drug-likeness (QED) is 0.582. The second-order valence-electron chi connectivity index (χ2n) is 1.75. The molecular weight excluding hydrogens is 106 g/mol. The summed E-state index contributed by atoms with van der Waals surface area (Å²) in [5.41, 5.74) is 5.28. The van der Waals surface area contributed by atoms with Crippen molar-refractivity contribution in [2.45, 2.75) is 20.3 Å². The van der Waals surface area contributed by atoms with Crippen LogP contribution in [0.4, 0.5) is 0 Å². The van der Waals surface area contributed by atoms with Crippen molar-refractivity contribution < 1.29 is 0 Å². The Morgan fingerprint density at radius 3 is 2.00 bits per heavy atom. The smallest absolute Gasteiger partial charge is 0.00516 e. The summed E-state index contributed by atoms with van der Waals surface area (Å²) >= 11 is 0. The zero-order valence-electron chi connectivity index (χ0n) is 5.07. The van der Waals surface area contributed by atoms with Gasteiger partial charge in [0, 0.05) is 0 Å². The molecule has 7 heavy (non-hydrogen) atoms. The van der Waals surface area contributed by atoms with E-state index in [-0.39, 0.29) is 13.5 Å². The lowest BCUT2D eigenvalue weighted by Crippen LogP contribution is -2.08. The molecule has 0 aliphatic heterocycles. The van der Waals surface area contributed by atoms with E-state index in [1.807, 2.05) is 0 Å². The molecule has 0 fully saturated rings. The van der Waals surface area contributed by atoms with Crippen LogP contribution in [0.1, 0.15) is 20.3 Å². The third kappa shape index (κ3) is 6.31. The minimum absolute atomic E-state index is 0. The first-order chi connectivity index (χ1) is 2.81. The molecular formula is C5H15NS. The van der Waals surface area contributed by atoms with Gasteiger partial charge in [-0.05, 0) is 12.5 Å². The van der Waals surface area contributed by atoms with Gasteiger partial charge in [0.1, 0.15) is 0 Å². The number of hydrogen-bond acceptors (Lipinski definition) is 1. The Kier molecular flexibility index (Phi) is 9.31. The van der Waals surface area contributed by atoms with E-state index < -0.39 is 0 Å². The second-order valence-corrected chi connectivity index (χ2v) is 1.75. The molecule has 0 aliphatic rings. The van der Waals surface area contributed by atoms with Crippen LogP contribution in [0, 0.1) is 5.92 Å². The van der Waals surface area contributed by atoms with E-state index in [0.717, 1.165) is 6.54 Å². The average Bonchev–Trinajstić information content (AvgIpc) is 1.65. The van der Waals surface area contributed by atoms with Crippen molar-refractivity contribution in [2.75, 3.05) is 6.54 Å². The summed E-state index contributed by atoms with van der Waals surface area (Å²) in [5.74, 6) is 0.713. The predicted octanol–water partition coefficient (Wildman–Crippen LogP) is 1.10.